The molecular formula is C18H20BrNO4S. The molecule has 1 amide bonds. The molecule has 0 fully saturated rings. The lowest BCUT2D eigenvalue weighted by molar-refractivity contribution is -0.127. The number of hydrogen-bond acceptors (Lipinski definition) is 5. The van der Waals surface area contributed by atoms with Crippen molar-refractivity contribution >= 4 is 39.6 Å². The molecule has 0 saturated heterocycles. The van der Waals surface area contributed by atoms with E-state index in [-0.39, 0.29) is 5.91 Å². The fourth-order valence-electron chi connectivity index (χ4n) is 2.28. The van der Waals surface area contributed by atoms with Gasteiger partial charge in [0.05, 0.1) is 19.4 Å². The van der Waals surface area contributed by atoms with Crippen LogP contribution in [-0.2, 0) is 16.1 Å². The van der Waals surface area contributed by atoms with Crippen LogP contribution in [-0.4, -0.2) is 36.7 Å². The minimum absolute atomic E-state index is 0.0130. The van der Waals surface area contributed by atoms with Crippen molar-refractivity contribution in [3.05, 3.63) is 51.4 Å². The lowest BCUT2D eigenvalue weighted by atomic mass is 10.2. The quantitative estimate of drug-likeness (QED) is 0.512. The number of rotatable bonds is 6. The number of furan rings is 1. The van der Waals surface area contributed by atoms with Crippen LogP contribution in [0.25, 0.3) is 0 Å². The van der Waals surface area contributed by atoms with Gasteiger partial charge in [-0.05, 0) is 43.7 Å². The highest BCUT2D eigenvalue weighted by molar-refractivity contribution is 9.10. The highest BCUT2D eigenvalue weighted by atomic mass is 79.9. The number of carbonyl (C=O) groups excluding carboxylic acids is 2. The molecule has 1 heterocycles. The minimum Gasteiger partial charge on any atom is -0.465 e. The number of thioether (sulfide) groups is 1. The molecule has 2 aromatic rings. The Labute approximate surface area is 159 Å². The molecule has 0 aliphatic heterocycles. The maximum atomic E-state index is 12.3. The van der Waals surface area contributed by atoms with E-state index < -0.39 is 5.97 Å². The average Bonchev–Trinajstić information content (AvgIpc) is 2.93. The summed E-state index contributed by atoms with van der Waals surface area (Å²) < 4.78 is 11.3. The van der Waals surface area contributed by atoms with Crippen molar-refractivity contribution < 1.29 is 18.7 Å². The van der Waals surface area contributed by atoms with Gasteiger partial charge in [0.25, 0.3) is 0 Å². The SMILES string of the molecule is COC(=O)c1cc(CN(C)C(=O)CSc2ccc(Br)cc2C)oc1C. The second kappa shape index (κ2) is 8.58. The summed E-state index contributed by atoms with van der Waals surface area (Å²) in [5, 5.41) is 0. The molecule has 5 nitrogen and oxygen atoms in total. The Morgan fingerprint density at radius 2 is 2.00 bits per heavy atom. The smallest absolute Gasteiger partial charge is 0.341 e. The minimum atomic E-state index is -0.442. The van der Waals surface area contributed by atoms with E-state index in [2.05, 4.69) is 15.9 Å². The average molecular weight is 426 g/mol. The molecule has 2 rings (SSSR count). The number of esters is 1. The molecule has 134 valence electrons. The number of aryl methyl sites for hydroxylation is 2. The molecular weight excluding hydrogens is 406 g/mol. The molecule has 0 aliphatic rings. The predicted octanol–water partition coefficient (Wildman–Crippen LogP) is 4.20. The summed E-state index contributed by atoms with van der Waals surface area (Å²) in [5.41, 5.74) is 1.51. The molecule has 0 unspecified atom stereocenters. The van der Waals surface area contributed by atoms with E-state index in [0.717, 1.165) is 14.9 Å². The van der Waals surface area contributed by atoms with Crippen LogP contribution >= 0.6 is 27.7 Å². The molecule has 25 heavy (non-hydrogen) atoms. The predicted molar refractivity (Wildman–Crippen MR) is 101 cm³/mol. The number of amides is 1. The maximum absolute atomic E-state index is 12.3. The normalized spacial score (nSPS) is 10.6. The highest BCUT2D eigenvalue weighted by Gasteiger charge is 2.18. The van der Waals surface area contributed by atoms with Gasteiger partial charge in [0, 0.05) is 16.4 Å². The lowest BCUT2D eigenvalue weighted by Gasteiger charge is -2.16. The zero-order valence-corrected chi connectivity index (χ0v) is 17.0. The monoisotopic (exact) mass is 425 g/mol. The first-order valence-electron chi connectivity index (χ1n) is 7.62. The van der Waals surface area contributed by atoms with Crippen LogP contribution in [0.4, 0.5) is 0 Å². The van der Waals surface area contributed by atoms with Gasteiger partial charge in [-0.15, -0.1) is 11.8 Å². The summed E-state index contributed by atoms with van der Waals surface area (Å²) >= 11 is 4.93. The molecule has 0 aliphatic carbocycles. The van der Waals surface area contributed by atoms with Gasteiger partial charge in [-0.25, -0.2) is 4.79 Å². The Morgan fingerprint density at radius 3 is 2.64 bits per heavy atom. The first kappa shape index (κ1) is 19.6. The van der Waals surface area contributed by atoms with Gasteiger partial charge in [0.1, 0.15) is 17.1 Å². The lowest BCUT2D eigenvalue weighted by Crippen LogP contribution is -2.27. The van der Waals surface area contributed by atoms with Crippen molar-refractivity contribution in [1.82, 2.24) is 4.90 Å². The van der Waals surface area contributed by atoms with Crippen LogP contribution < -0.4 is 0 Å². The number of methoxy groups -OCH3 is 1. The summed E-state index contributed by atoms with van der Waals surface area (Å²) in [5.74, 6) is 0.924. The van der Waals surface area contributed by atoms with Gasteiger partial charge in [0.2, 0.25) is 5.91 Å². The van der Waals surface area contributed by atoms with E-state index in [4.69, 9.17) is 9.15 Å². The maximum Gasteiger partial charge on any atom is 0.341 e. The molecule has 0 spiro atoms. The Bertz CT molecular complexity index is 787. The Morgan fingerprint density at radius 1 is 1.28 bits per heavy atom. The van der Waals surface area contributed by atoms with E-state index in [0.29, 0.717) is 29.4 Å². The van der Waals surface area contributed by atoms with Crippen LogP contribution in [0.5, 0.6) is 0 Å². The van der Waals surface area contributed by atoms with Crippen molar-refractivity contribution in [1.29, 1.82) is 0 Å². The number of carbonyl (C=O) groups is 2. The van der Waals surface area contributed by atoms with Gasteiger partial charge in [-0.2, -0.15) is 0 Å². The summed E-state index contributed by atoms with van der Waals surface area (Å²) in [6.07, 6.45) is 0. The van der Waals surface area contributed by atoms with E-state index in [1.165, 1.54) is 18.9 Å². The van der Waals surface area contributed by atoms with Gasteiger partial charge < -0.3 is 14.1 Å². The number of ether oxygens (including phenoxy) is 1. The number of benzene rings is 1. The van der Waals surface area contributed by atoms with Crippen molar-refractivity contribution in [2.45, 2.75) is 25.3 Å². The van der Waals surface area contributed by atoms with Crippen LogP contribution in [0.15, 0.2) is 38.1 Å². The highest BCUT2D eigenvalue weighted by Crippen LogP contribution is 2.25. The third kappa shape index (κ3) is 5.12. The molecule has 1 aromatic heterocycles. The molecule has 0 atom stereocenters. The van der Waals surface area contributed by atoms with Gasteiger partial charge >= 0.3 is 5.97 Å². The Balaban J connectivity index is 1.95. The van der Waals surface area contributed by atoms with Gasteiger partial charge in [0.15, 0.2) is 0 Å². The van der Waals surface area contributed by atoms with Gasteiger partial charge in [-0.1, -0.05) is 15.9 Å². The molecule has 0 radical (unpaired) electrons. The third-order valence-corrected chi connectivity index (χ3v) is 5.33. The van der Waals surface area contributed by atoms with E-state index in [9.17, 15) is 9.59 Å². The fraction of sp³-hybridized carbons (Fsp3) is 0.333. The Kier molecular flexibility index (Phi) is 6.72. The molecule has 1 aromatic carbocycles. The molecule has 0 saturated carbocycles. The molecule has 0 N–H and O–H groups in total. The van der Waals surface area contributed by atoms with E-state index in [1.807, 2.05) is 25.1 Å². The summed E-state index contributed by atoms with van der Waals surface area (Å²) in [4.78, 5) is 26.6. The van der Waals surface area contributed by atoms with Crippen LogP contribution in [0.3, 0.4) is 0 Å². The van der Waals surface area contributed by atoms with E-state index in [1.54, 1.807) is 24.9 Å². The summed E-state index contributed by atoms with van der Waals surface area (Å²) in [7, 11) is 3.04. The summed E-state index contributed by atoms with van der Waals surface area (Å²) in [6, 6.07) is 7.60. The number of halogens is 1. The topological polar surface area (TPSA) is 59.8 Å². The largest absolute Gasteiger partial charge is 0.465 e. The zero-order chi connectivity index (χ0) is 18.6. The third-order valence-electron chi connectivity index (χ3n) is 3.68. The standard InChI is InChI=1S/C18H20BrNO4S/c1-11-7-13(19)5-6-16(11)25-10-17(21)20(3)9-14-8-15(12(2)24-14)18(22)23-4/h5-8H,9-10H2,1-4H3. The molecule has 0 bridgehead atoms. The van der Waals surface area contributed by atoms with Crippen molar-refractivity contribution in [2.75, 3.05) is 19.9 Å². The Hall–Kier alpha value is -1.73. The van der Waals surface area contributed by atoms with Gasteiger partial charge in [-0.3, -0.25) is 4.79 Å². The van der Waals surface area contributed by atoms with Crippen molar-refractivity contribution in [2.24, 2.45) is 0 Å². The van der Waals surface area contributed by atoms with Crippen LogP contribution in [0.1, 0.15) is 27.4 Å². The second-order valence-electron chi connectivity index (χ2n) is 5.62. The van der Waals surface area contributed by atoms with Crippen LogP contribution in [0.2, 0.25) is 0 Å². The second-order valence-corrected chi connectivity index (χ2v) is 7.56. The fourth-order valence-corrected chi connectivity index (χ4v) is 3.71. The molecule has 7 heteroatoms. The first-order valence-corrected chi connectivity index (χ1v) is 9.40. The van der Waals surface area contributed by atoms with Crippen molar-refractivity contribution in [3.63, 3.8) is 0 Å². The summed E-state index contributed by atoms with van der Waals surface area (Å²) in [6.45, 7) is 4.02. The zero-order valence-electron chi connectivity index (χ0n) is 14.6. The number of nitrogens with zero attached hydrogens (tertiary/aromatic N) is 1. The van der Waals surface area contributed by atoms with Crippen LogP contribution in [0, 0.1) is 13.8 Å². The first-order chi connectivity index (χ1) is 11.8. The van der Waals surface area contributed by atoms with E-state index >= 15 is 0 Å². The van der Waals surface area contributed by atoms with Crippen molar-refractivity contribution in [3.8, 4) is 0 Å². The number of hydrogen-bond donors (Lipinski definition) is 0.